The van der Waals surface area contributed by atoms with Crippen LogP contribution in [0.2, 0.25) is 0 Å². The van der Waals surface area contributed by atoms with Crippen molar-refractivity contribution in [3.8, 4) is 5.75 Å². The molecule has 0 spiro atoms. The van der Waals surface area contributed by atoms with Crippen LogP contribution in [-0.2, 0) is 4.57 Å². The second kappa shape index (κ2) is 3.91. The third kappa shape index (κ3) is 3.60. The van der Waals surface area contributed by atoms with Crippen LogP contribution in [0.1, 0.15) is 11.1 Å². The lowest BCUT2D eigenvalue weighted by Crippen LogP contribution is -1.85. The van der Waals surface area contributed by atoms with Gasteiger partial charge in [-0.1, -0.05) is 6.07 Å². The maximum atomic E-state index is 10.9. The molecule has 0 amide bonds. The minimum absolute atomic E-state index is 0.427. The van der Waals surface area contributed by atoms with Crippen LogP contribution in [0.25, 0.3) is 0 Å². The van der Waals surface area contributed by atoms with Crippen LogP contribution >= 0.6 is 28.6 Å². The molecule has 0 radical (unpaired) electrons. The van der Waals surface area contributed by atoms with Crippen LogP contribution in [0.3, 0.4) is 0 Å². The van der Waals surface area contributed by atoms with Gasteiger partial charge in [0, 0.05) is 22.5 Å². The standard InChI is InChI=1S/C8H9Cl2O2P/c1-6-3-4-8(5-7(6)2)12-13(9,10)11/h3-5H,1-2H3. The minimum Gasteiger partial charge on any atom is -0.422 e. The van der Waals surface area contributed by atoms with Crippen molar-refractivity contribution in [2.75, 3.05) is 0 Å². The summed E-state index contributed by atoms with van der Waals surface area (Å²) in [7, 11) is 0. The van der Waals surface area contributed by atoms with Crippen LogP contribution < -0.4 is 4.52 Å². The van der Waals surface area contributed by atoms with E-state index in [2.05, 4.69) is 0 Å². The average Bonchev–Trinajstić information content (AvgIpc) is 1.94. The van der Waals surface area contributed by atoms with E-state index in [0.29, 0.717) is 5.75 Å². The van der Waals surface area contributed by atoms with Crippen LogP contribution in [0.4, 0.5) is 0 Å². The second-order valence-electron chi connectivity index (χ2n) is 2.75. The van der Waals surface area contributed by atoms with Gasteiger partial charge in [0.15, 0.2) is 0 Å². The van der Waals surface area contributed by atoms with Crippen molar-refractivity contribution in [3.63, 3.8) is 0 Å². The predicted molar refractivity (Wildman–Crippen MR) is 55.9 cm³/mol. The van der Waals surface area contributed by atoms with Crippen LogP contribution in [0.5, 0.6) is 5.75 Å². The summed E-state index contributed by atoms with van der Waals surface area (Å²) < 4.78 is 15.7. The van der Waals surface area contributed by atoms with E-state index in [1.54, 1.807) is 12.1 Å². The van der Waals surface area contributed by atoms with Gasteiger partial charge in [-0.2, -0.15) is 0 Å². The summed E-state index contributed by atoms with van der Waals surface area (Å²) in [5, 5.41) is 0. The zero-order chi connectivity index (χ0) is 10.1. The van der Waals surface area contributed by atoms with E-state index in [1.807, 2.05) is 19.9 Å². The number of hydrogen-bond acceptors (Lipinski definition) is 2. The molecule has 0 aliphatic rings. The molecule has 2 nitrogen and oxygen atoms in total. The summed E-state index contributed by atoms with van der Waals surface area (Å²) in [4.78, 5) is 0. The summed E-state index contributed by atoms with van der Waals surface area (Å²) in [6.07, 6.45) is -3.48. The van der Waals surface area contributed by atoms with Crippen molar-refractivity contribution in [3.05, 3.63) is 29.3 Å². The first kappa shape index (κ1) is 10.9. The van der Waals surface area contributed by atoms with Gasteiger partial charge in [0.05, 0.1) is 0 Å². The van der Waals surface area contributed by atoms with Gasteiger partial charge < -0.3 is 4.52 Å². The van der Waals surface area contributed by atoms with Gasteiger partial charge in [-0.15, -0.1) is 0 Å². The number of rotatable bonds is 2. The quantitative estimate of drug-likeness (QED) is 0.720. The average molecular weight is 239 g/mol. The van der Waals surface area contributed by atoms with Crippen molar-refractivity contribution in [2.24, 2.45) is 0 Å². The fourth-order valence-electron chi connectivity index (χ4n) is 0.893. The Bertz CT molecular complexity index is 359. The topological polar surface area (TPSA) is 26.3 Å². The van der Waals surface area contributed by atoms with Gasteiger partial charge in [-0.05, 0) is 37.1 Å². The fourth-order valence-corrected chi connectivity index (χ4v) is 1.73. The zero-order valence-corrected chi connectivity index (χ0v) is 9.66. The third-order valence-corrected chi connectivity index (χ3v) is 2.53. The molecule has 13 heavy (non-hydrogen) atoms. The van der Waals surface area contributed by atoms with Gasteiger partial charge in [0.1, 0.15) is 5.75 Å². The highest BCUT2D eigenvalue weighted by atomic mass is 35.9. The molecule has 0 unspecified atom stereocenters. The minimum atomic E-state index is -3.48. The largest absolute Gasteiger partial charge is 0.428 e. The molecule has 72 valence electrons. The summed E-state index contributed by atoms with van der Waals surface area (Å²) in [6.45, 7) is 3.90. The van der Waals surface area contributed by atoms with E-state index < -0.39 is 6.07 Å². The predicted octanol–water partition coefficient (Wildman–Crippen LogP) is 4.27. The highest BCUT2D eigenvalue weighted by Crippen LogP contribution is 2.57. The summed E-state index contributed by atoms with van der Waals surface area (Å²) >= 11 is 10.5. The highest BCUT2D eigenvalue weighted by Gasteiger charge is 2.15. The molecule has 0 aliphatic carbocycles. The van der Waals surface area contributed by atoms with E-state index in [1.165, 1.54) is 0 Å². The Kier molecular flexibility index (Phi) is 3.28. The Hall–Kier alpha value is -0.170. The van der Waals surface area contributed by atoms with Gasteiger partial charge in [-0.3, -0.25) is 0 Å². The first-order valence-corrected chi connectivity index (χ1v) is 7.08. The Morgan fingerprint density at radius 2 is 1.85 bits per heavy atom. The van der Waals surface area contributed by atoms with Gasteiger partial charge in [0.2, 0.25) is 0 Å². The molecule has 0 N–H and O–H groups in total. The molecule has 0 aromatic heterocycles. The van der Waals surface area contributed by atoms with Gasteiger partial charge in [-0.25, -0.2) is 4.57 Å². The second-order valence-corrected chi connectivity index (χ2v) is 6.95. The van der Waals surface area contributed by atoms with Crippen molar-refractivity contribution in [1.82, 2.24) is 0 Å². The Balaban J connectivity index is 2.92. The zero-order valence-electron chi connectivity index (χ0n) is 7.25. The van der Waals surface area contributed by atoms with E-state index in [0.717, 1.165) is 11.1 Å². The Morgan fingerprint density at radius 3 is 2.31 bits per heavy atom. The van der Waals surface area contributed by atoms with Gasteiger partial charge in [0.25, 0.3) is 0 Å². The van der Waals surface area contributed by atoms with E-state index in [9.17, 15) is 4.57 Å². The van der Waals surface area contributed by atoms with E-state index in [4.69, 9.17) is 27.0 Å². The molecule has 0 saturated carbocycles. The Morgan fingerprint density at radius 1 is 1.23 bits per heavy atom. The molecule has 1 aromatic carbocycles. The molecule has 0 saturated heterocycles. The fraction of sp³-hybridized carbons (Fsp3) is 0.250. The van der Waals surface area contributed by atoms with Crippen molar-refractivity contribution < 1.29 is 9.09 Å². The first-order chi connectivity index (χ1) is 5.88. The summed E-state index contributed by atoms with van der Waals surface area (Å²) in [5.41, 5.74) is 2.17. The van der Waals surface area contributed by atoms with Crippen molar-refractivity contribution in [1.29, 1.82) is 0 Å². The number of halogens is 2. The lowest BCUT2D eigenvalue weighted by molar-refractivity contribution is 0.513. The lowest BCUT2D eigenvalue weighted by Gasteiger charge is -2.07. The van der Waals surface area contributed by atoms with E-state index >= 15 is 0 Å². The van der Waals surface area contributed by atoms with Crippen LogP contribution in [0.15, 0.2) is 18.2 Å². The Labute approximate surface area is 86.8 Å². The first-order valence-electron chi connectivity index (χ1n) is 3.65. The molecular weight excluding hydrogens is 230 g/mol. The normalized spacial score (nSPS) is 11.4. The molecule has 1 rings (SSSR count). The molecule has 0 fully saturated rings. The third-order valence-electron chi connectivity index (χ3n) is 1.69. The maximum Gasteiger partial charge on any atom is 0.428 e. The molecule has 0 heterocycles. The monoisotopic (exact) mass is 238 g/mol. The van der Waals surface area contributed by atoms with Crippen LogP contribution in [0, 0.1) is 13.8 Å². The molecule has 0 bridgehead atoms. The van der Waals surface area contributed by atoms with Crippen molar-refractivity contribution >= 4 is 28.6 Å². The SMILES string of the molecule is Cc1ccc(OP(=O)(Cl)Cl)cc1C. The lowest BCUT2D eigenvalue weighted by atomic mass is 10.1. The molecule has 0 aliphatic heterocycles. The van der Waals surface area contributed by atoms with E-state index in [-0.39, 0.29) is 0 Å². The summed E-state index contributed by atoms with van der Waals surface area (Å²) in [5.74, 6) is 0.427. The maximum absolute atomic E-state index is 10.9. The molecule has 0 atom stereocenters. The molecule has 5 heteroatoms. The van der Waals surface area contributed by atoms with Gasteiger partial charge >= 0.3 is 6.07 Å². The smallest absolute Gasteiger partial charge is 0.422 e. The number of hydrogen-bond donors (Lipinski definition) is 0. The number of benzene rings is 1. The highest BCUT2D eigenvalue weighted by molar-refractivity contribution is 8.05. The van der Waals surface area contributed by atoms with Crippen LogP contribution in [-0.4, -0.2) is 0 Å². The molecular formula is C8H9Cl2O2P. The molecule has 1 aromatic rings. The van der Waals surface area contributed by atoms with Crippen molar-refractivity contribution in [2.45, 2.75) is 13.8 Å². The number of aryl methyl sites for hydroxylation is 2. The summed E-state index contributed by atoms with van der Waals surface area (Å²) in [6, 6.07) is 5.28.